The number of carbonyl (C=O) groups excluding carboxylic acids is 1. The number of ether oxygens (including phenoxy) is 1. The summed E-state index contributed by atoms with van der Waals surface area (Å²) in [5.74, 6) is 0.742. The fourth-order valence-corrected chi connectivity index (χ4v) is 8.32. The molecule has 1 amide bonds. The number of carbonyl (C=O) groups is 1. The average molecular weight is 653 g/mol. The lowest BCUT2D eigenvalue weighted by Gasteiger charge is -2.50. The molecule has 258 valence electrons. The molecule has 8 heteroatoms. The van der Waals surface area contributed by atoms with E-state index in [4.69, 9.17) is 9.84 Å². The Morgan fingerprint density at radius 2 is 1.90 bits per heavy atom. The molecule has 1 aliphatic carbocycles. The molecule has 0 radical (unpaired) electrons. The van der Waals surface area contributed by atoms with Gasteiger partial charge in [-0.2, -0.15) is 5.10 Å². The molecule has 2 aliphatic heterocycles. The van der Waals surface area contributed by atoms with Gasteiger partial charge in [0.2, 0.25) is 5.91 Å². The van der Waals surface area contributed by atoms with Crippen LogP contribution in [0.15, 0.2) is 72.9 Å². The summed E-state index contributed by atoms with van der Waals surface area (Å²) >= 11 is 0. The zero-order valence-electron chi connectivity index (χ0n) is 29.3. The molecule has 0 saturated carbocycles. The predicted octanol–water partition coefficient (Wildman–Crippen LogP) is 7.30. The van der Waals surface area contributed by atoms with Gasteiger partial charge in [0.05, 0.1) is 30.2 Å². The fourth-order valence-electron chi connectivity index (χ4n) is 8.32. The van der Waals surface area contributed by atoms with E-state index in [1.165, 1.54) is 30.4 Å². The lowest BCUT2D eigenvalue weighted by atomic mass is 9.59. The third kappa shape index (κ3) is 7.72. The van der Waals surface area contributed by atoms with Crippen molar-refractivity contribution >= 4 is 11.7 Å². The first-order valence-electron chi connectivity index (χ1n) is 18.3. The normalized spacial score (nSPS) is 24.8. The highest BCUT2D eigenvalue weighted by atomic mass is 16.5. The lowest BCUT2D eigenvalue weighted by Crippen LogP contribution is -2.49. The second-order valence-corrected chi connectivity index (χ2v) is 14.3. The van der Waals surface area contributed by atoms with E-state index in [2.05, 4.69) is 88.1 Å². The number of rotatable bonds is 10. The minimum atomic E-state index is -0.373. The Labute approximate surface area is 287 Å². The van der Waals surface area contributed by atoms with E-state index in [1.54, 1.807) is 0 Å². The van der Waals surface area contributed by atoms with E-state index < -0.39 is 0 Å². The number of likely N-dealkylation sites (N-methyl/N-ethyl adjacent to an activating group) is 2. The predicted molar refractivity (Wildman–Crippen MR) is 194 cm³/mol. The molecule has 3 heterocycles. The number of nitrogens with one attached hydrogen (secondary N) is 3. The van der Waals surface area contributed by atoms with E-state index in [0.29, 0.717) is 0 Å². The van der Waals surface area contributed by atoms with Crippen molar-refractivity contribution in [1.82, 2.24) is 25.3 Å². The summed E-state index contributed by atoms with van der Waals surface area (Å²) < 4.78 is 7.93. The maximum atomic E-state index is 15.0. The number of fused-ring (bicyclic) bond motifs is 1. The number of hydrogen-bond acceptors (Lipinski definition) is 6. The first kappa shape index (κ1) is 34.4. The molecule has 4 atom stereocenters. The van der Waals surface area contributed by atoms with Gasteiger partial charge in [0.15, 0.2) is 0 Å². The molecule has 4 unspecified atom stereocenters. The Morgan fingerprint density at radius 3 is 2.71 bits per heavy atom. The van der Waals surface area contributed by atoms with Gasteiger partial charge in [0.25, 0.3) is 0 Å². The Hall–Kier alpha value is -3.46. The highest BCUT2D eigenvalue weighted by Crippen LogP contribution is 2.59. The third-order valence-corrected chi connectivity index (χ3v) is 10.9. The van der Waals surface area contributed by atoms with Crippen LogP contribution in [0.1, 0.15) is 111 Å². The Balaban J connectivity index is 1.46. The maximum Gasteiger partial charge on any atom is 0.228 e. The van der Waals surface area contributed by atoms with Crippen LogP contribution in [0.2, 0.25) is 0 Å². The van der Waals surface area contributed by atoms with Crippen LogP contribution in [0.4, 0.5) is 5.82 Å². The number of amides is 1. The molecule has 3 N–H and O–H groups in total. The Kier molecular flexibility index (Phi) is 11.7. The molecule has 1 aromatic heterocycles. The van der Waals surface area contributed by atoms with Gasteiger partial charge in [-0.25, -0.2) is 4.68 Å². The quantitative estimate of drug-likeness (QED) is 0.200. The second kappa shape index (κ2) is 16.3. The van der Waals surface area contributed by atoms with Crippen molar-refractivity contribution in [2.24, 2.45) is 5.41 Å². The van der Waals surface area contributed by atoms with Crippen LogP contribution in [0.5, 0.6) is 0 Å². The van der Waals surface area contributed by atoms with Crippen LogP contribution in [-0.4, -0.2) is 61.0 Å². The van der Waals surface area contributed by atoms with Crippen LogP contribution >= 0.6 is 0 Å². The molecular formula is C40H56N6O2. The van der Waals surface area contributed by atoms with Crippen molar-refractivity contribution in [3.05, 3.63) is 95.2 Å². The molecule has 1 spiro atoms. The van der Waals surface area contributed by atoms with Gasteiger partial charge < -0.3 is 25.6 Å². The van der Waals surface area contributed by atoms with Crippen LogP contribution < -0.4 is 16.0 Å². The smallest absolute Gasteiger partial charge is 0.228 e. The second-order valence-electron chi connectivity index (χ2n) is 14.3. The van der Waals surface area contributed by atoms with E-state index in [9.17, 15) is 0 Å². The summed E-state index contributed by atoms with van der Waals surface area (Å²) in [7, 11) is 4.19. The van der Waals surface area contributed by atoms with Crippen LogP contribution in [-0.2, 0) is 16.1 Å². The fraction of sp³-hybridized carbons (Fsp3) is 0.550. The SMILES string of the molecule is CNCCN(C)Cc1cccc(C2Nc3c(cnn3C3CCOCC3)C(C(=O)NC(C)c3ccccc3)C23C/C=C\CCCCCC3)c1. The third-order valence-electron chi connectivity index (χ3n) is 10.9. The Morgan fingerprint density at radius 1 is 1.08 bits per heavy atom. The van der Waals surface area contributed by atoms with Crippen LogP contribution in [0, 0.1) is 5.41 Å². The minimum Gasteiger partial charge on any atom is -0.381 e. The lowest BCUT2D eigenvalue weighted by molar-refractivity contribution is -0.127. The van der Waals surface area contributed by atoms with Crippen molar-refractivity contribution in [3.8, 4) is 0 Å². The number of nitrogens with zero attached hydrogens (tertiary/aromatic N) is 3. The first-order valence-corrected chi connectivity index (χ1v) is 18.3. The monoisotopic (exact) mass is 652 g/mol. The molecule has 1 fully saturated rings. The van der Waals surface area contributed by atoms with Gasteiger partial charge in [0.1, 0.15) is 5.82 Å². The number of benzene rings is 2. The molecule has 2 aromatic carbocycles. The van der Waals surface area contributed by atoms with Gasteiger partial charge in [0, 0.05) is 43.8 Å². The molecule has 48 heavy (non-hydrogen) atoms. The largest absolute Gasteiger partial charge is 0.381 e. The van der Waals surface area contributed by atoms with E-state index in [0.717, 1.165) is 88.3 Å². The number of hydrogen-bond donors (Lipinski definition) is 3. The summed E-state index contributed by atoms with van der Waals surface area (Å²) in [5.41, 5.74) is 4.31. The molecule has 6 rings (SSSR count). The first-order chi connectivity index (χ1) is 23.5. The van der Waals surface area contributed by atoms with Gasteiger partial charge >= 0.3 is 0 Å². The van der Waals surface area contributed by atoms with Crippen LogP contribution in [0.25, 0.3) is 0 Å². The minimum absolute atomic E-state index is 0.0605. The van der Waals surface area contributed by atoms with Crippen LogP contribution in [0.3, 0.4) is 0 Å². The summed E-state index contributed by atoms with van der Waals surface area (Å²) in [5, 5.41) is 15.9. The van der Waals surface area contributed by atoms with Crippen molar-refractivity contribution < 1.29 is 9.53 Å². The zero-order valence-corrected chi connectivity index (χ0v) is 29.3. The molecule has 8 nitrogen and oxygen atoms in total. The molecule has 3 aliphatic rings. The standard InChI is InChI=1S/C40H56N6O2/c1-30(32-16-10-9-11-17-32)43-39(47)36-35-28-42-46(34-19-25-48-26-20-34)38(35)44-37(40(36)21-12-7-5-4-6-8-13-22-40)33-18-14-15-31(27-33)29-45(3)24-23-41-2/h7,9-12,14-18,27-28,30,34,36-37,41,44H,4-6,8,13,19-26,29H2,1-3H3,(H,43,47)/b12-7-. The highest BCUT2D eigenvalue weighted by molar-refractivity contribution is 5.88. The summed E-state index contributed by atoms with van der Waals surface area (Å²) in [6.07, 6.45) is 16.2. The highest BCUT2D eigenvalue weighted by Gasteiger charge is 2.54. The number of anilines is 1. The molecular weight excluding hydrogens is 596 g/mol. The van der Waals surface area contributed by atoms with Gasteiger partial charge in [-0.1, -0.05) is 86.0 Å². The van der Waals surface area contributed by atoms with E-state index in [-0.39, 0.29) is 35.4 Å². The average Bonchev–Trinajstić information content (AvgIpc) is 3.54. The van der Waals surface area contributed by atoms with E-state index >= 15 is 4.79 Å². The summed E-state index contributed by atoms with van der Waals surface area (Å²) in [6.45, 7) is 6.38. The molecule has 3 aromatic rings. The number of allylic oxidation sites excluding steroid dienone is 2. The van der Waals surface area contributed by atoms with Crippen molar-refractivity contribution in [1.29, 1.82) is 0 Å². The summed E-state index contributed by atoms with van der Waals surface area (Å²) in [6, 6.07) is 19.5. The zero-order chi connectivity index (χ0) is 33.3. The Bertz CT molecular complexity index is 1500. The van der Waals surface area contributed by atoms with E-state index in [1.807, 2.05) is 31.4 Å². The van der Waals surface area contributed by atoms with Gasteiger partial charge in [-0.3, -0.25) is 4.79 Å². The number of aromatic nitrogens is 2. The topological polar surface area (TPSA) is 83.4 Å². The van der Waals surface area contributed by atoms with Gasteiger partial charge in [-0.15, -0.1) is 0 Å². The molecule has 0 bridgehead atoms. The summed E-state index contributed by atoms with van der Waals surface area (Å²) in [4.78, 5) is 17.4. The van der Waals surface area contributed by atoms with Crippen molar-refractivity contribution in [2.45, 2.75) is 95.3 Å². The maximum absolute atomic E-state index is 15.0. The van der Waals surface area contributed by atoms with Gasteiger partial charge in [-0.05, 0) is 76.2 Å². The molecule has 1 saturated heterocycles. The van der Waals surface area contributed by atoms with Crippen molar-refractivity contribution in [3.63, 3.8) is 0 Å². The van der Waals surface area contributed by atoms with Crippen molar-refractivity contribution in [2.75, 3.05) is 45.7 Å².